The minimum absolute atomic E-state index is 0.0481. The Morgan fingerprint density at radius 1 is 1.33 bits per heavy atom. The summed E-state index contributed by atoms with van der Waals surface area (Å²) in [6, 6.07) is 0. The van der Waals surface area contributed by atoms with Crippen LogP contribution in [0.2, 0.25) is 0 Å². The van der Waals surface area contributed by atoms with E-state index in [1.54, 1.807) is 21.0 Å². The number of aryl methyl sites for hydroxylation is 2. The summed E-state index contributed by atoms with van der Waals surface area (Å²) in [7, 11) is -0.636. The van der Waals surface area contributed by atoms with E-state index in [0.29, 0.717) is 5.69 Å². The third kappa shape index (κ3) is 1.90. The molecule has 2 aromatic heterocycles. The van der Waals surface area contributed by atoms with E-state index < -0.39 is 10.0 Å². The zero-order valence-electron chi connectivity index (χ0n) is 10.1. The van der Waals surface area contributed by atoms with Crippen LogP contribution in [0.1, 0.15) is 5.69 Å². The topological polar surface area (TPSA) is 121 Å². The van der Waals surface area contributed by atoms with Gasteiger partial charge >= 0.3 is 0 Å². The van der Waals surface area contributed by atoms with Gasteiger partial charge in [-0.2, -0.15) is 15.2 Å². The lowest BCUT2D eigenvalue weighted by Crippen LogP contribution is -2.18. The van der Waals surface area contributed by atoms with Crippen molar-refractivity contribution in [2.24, 2.45) is 14.1 Å². The first kappa shape index (κ1) is 12.4. The van der Waals surface area contributed by atoms with Crippen LogP contribution < -0.4 is 10.5 Å². The van der Waals surface area contributed by atoms with Crippen molar-refractivity contribution in [3.8, 4) is 0 Å². The second-order valence-electron chi connectivity index (χ2n) is 3.74. The summed E-state index contributed by atoms with van der Waals surface area (Å²) in [5, 5.41) is 7.63. The van der Waals surface area contributed by atoms with Crippen LogP contribution in [0.25, 0.3) is 0 Å². The molecule has 9 nitrogen and oxygen atoms in total. The molecule has 0 radical (unpaired) electrons. The van der Waals surface area contributed by atoms with Gasteiger partial charge in [0.25, 0.3) is 10.0 Å². The number of rotatable bonds is 3. The van der Waals surface area contributed by atoms with Crippen molar-refractivity contribution in [3.05, 3.63) is 12.0 Å². The fourth-order valence-corrected chi connectivity index (χ4v) is 2.87. The molecule has 0 fully saturated rings. The molecule has 0 saturated heterocycles. The Balaban J connectivity index is 2.46. The lowest BCUT2D eigenvalue weighted by molar-refractivity contribution is 0.599. The largest absolute Gasteiger partial charge is 0.381 e. The molecule has 0 aromatic carbocycles. The summed E-state index contributed by atoms with van der Waals surface area (Å²) in [6.45, 7) is 1.62. The highest BCUT2D eigenvalue weighted by molar-refractivity contribution is 7.93. The molecule has 2 rings (SSSR count). The van der Waals surface area contributed by atoms with Gasteiger partial charge in [0.1, 0.15) is 6.33 Å². The zero-order valence-corrected chi connectivity index (χ0v) is 10.9. The van der Waals surface area contributed by atoms with E-state index in [1.165, 1.54) is 15.7 Å². The Kier molecular flexibility index (Phi) is 2.73. The van der Waals surface area contributed by atoms with Gasteiger partial charge in [0, 0.05) is 14.1 Å². The predicted octanol–water partition coefficient (Wildman–Crippen LogP) is -0.760. The van der Waals surface area contributed by atoms with Crippen LogP contribution in [0.5, 0.6) is 0 Å². The number of nitrogens with zero attached hydrogens (tertiary/aromatic N) is 5. The van der Waals surface area contributed by atoms with Gasteiger partial charge in [-0.05, 0) is 6.92 Å². The highest BCUT2D eigenvalue weighted by atomic mass is 32.2. The third-order valence-corrected chi connectivity index (χ3v) is 4.00. The van der Waals surface area contributed by atoms with E-state index in [1.807, 2.05) is 0 Å². The summed E-state index contributed by atoms with van der Waals surface area (Å²) in [6.07, 6.45) is 1.25. The third-order valence-electron chi connectivity index (χ3n) is 2.51. The Bertz CT molecular complexity index is 684. The number of hydrogen-bond donors (Lipinski definition) is 2. The van der Waals surface area contributed by atoms with Crippen LogP contribution >= 0.6 is 0 Å². The molecule has 98 valence electrons. The molecular formula is C8H13N7O2S. The number of nitrogens with one attached hydrogen (secondary N) is 1. The smallest absolute Gasteiger partial charge is 0.269 e. The number of hydrogen-bond acceptors (Lipinski definition) is 6. The minimum Gasteiger partial charge on any atom is -0.381 e. The lowest BCUT2D eigenvalue weighted by atomic mass is 10.5. The van der Waals surface area contributed by atoms with E-state index >= 15 is 0 Å². The second-order valence-corrected chi connectivity index (χ2v) is 5.36. The van der Waals surface area contributed by atoms with Crippen molar-refractivity contribution < 1.29 is 8.42 Å². The molecule has 10 heteroatoms. The van der Waals surface area contributed by atoms with Gasteiger partial charge < -0.3 is 5.73 Å². The SMILES string of the molecule is Cc1c(S(=O)(=O)Nc2ncnn2C)c(N)nn1C. The first-order valence-corrected chi connectivity index (χ1v) is 6.47. The number of sulfonamides is 1. The average molecular weight is 271 g/mol. The second kappa shape index (κ2) is 3.98. The summed E-state index contributed by atoms with van der Waals surface area (Å²) in [5.41, 5.74) is 6.05. The standard InChI is InChI=1S/C8H13N7O2S/c1-5-6(7(9)12-14(5)2)18(16,17)13-8-10-4-11-15(8)3/h4H,1-3H3,(H2,9,12)(H,10,11,13). The van der Waals surface area contributed by atoms with E-state index in [4.69, 9.17) is 5.73 Å². The van der Waals surface area contributed by atoms with E-state index in [2.05, 4.69) is 19.9 Å². The van der Waals surface area contributed by atoms with Crippen molar-refractivity contribution >= 4 is 21.8 Å². The van der Waals surface area contributed by atoms with Crippen LogP contribution in [0.15, 0.2) is 11.2 Å². The fraction of sp³-hybridized carbons (Fsp3) is 0.375. The molecular weight excluding hydrogens is 258 g/mol. The first-order chi connectivity index (χ1) is 8.33. The van der Waals surface area contributed by atoms with Crippen LogP contribution in [-0.4, -0.2) is 33.0 Å². The van der Waals surface area contributed by atoms with Gasteiger partial charge in [-0.25, -0.2) is 17.8 Å². The lowest BCUT2D eigenvalue weighted by Gasteiger charge is -2.06. The van der Waals surface area contributed by atoms with Crippen LogP contribution in [0.4, 0.5) is 11.8 Å². The van der Waals surface area contributed by atoms with E-state index in [-0.39, 0.29) is 16.7 Å². The molecule has 0 bridgehead atoms. The Morgan fingerprint density at radius 2 is 2.00 bits per heavy atom. The van der Waals surface area contributed by atoms with Crippen molar-refractivity contribution in [2.45, 2.75) is 11.8 Å². The Hall–Kier alpha value is -2.10. The molecule has 0 amide bonds. The van der Waals surface area contributed by atoms with Crippen LogP contribution in [0.3, 0.4) is 0 Å². The molecule has 0 atom stereocenters. The zero-order chi connectivity index (χ0) is 13.5. The molecule has 0 aliphatic rings. The van der Waals surface area contributed by atoms with Crippen LogP contribution in [0, 0.1) is 6.92 Å². The highest BCUT2D eigenvalue weighted by Gasteiger charge is 2.25. The van der Waals surface area contributed by atoms with Crippen molar-refractivity contribution in [1.82, 2.24) is 24.5 Å². The van der Waals surface area contributed by atoms with Gasteiger partial charge in [-0.3, -0.25) is 4.68 Å². The minimum atomic E-state index is -3.83. The van der Waals surface area contributed by atoms with Crippen molar-refractivity contribution in [3.63, 3.8) is 0 Å². The first-order valence-electron chi connectivity index (χ1n) is 4.99. The molecule has 2 aromatic rings. The normalized spacial score (nSPS) is 11.7. The van der Waals surface area contributed by atoms with Gasteiger partial charge in [0.15, 0.2) is 10.7 Å². The van der Waals surface area contributed by atoms with E-state index in [9.17, 15) is 8.42 Å². The van der Waals surface area contributed by atoms with Gasteiger partial charge in [-0.15, -0.1) is 0 Å². The van der Waals surface area contributed by atoms with Crippen molar-refractivity contribution in [2.75, 3.05) is 10.5 Å². The molecule has 0 aliphatic carbocycles. The van der Waals surface area contributed by atoms with Gasteiger partial charge in [-0.1, -0.05) is 0 Å². The molecule has 0 aliphatic heterocycles. The highest BCUT2D eigenvalue weighted by Crippen LogP contribution is 2.22. The Labute approximate surface area is 104 Å². The van der Waals surface area contributed by atoms with Gasteiger partial charge in [0.2, 0.25) is 5.95 Å². The molecule has 18 heavy (non-hydrogen) atoms. The summed E-state index contributed by atoms with van der Waals surface area (Å²) in [4.78, 5) is 3.74. The van der Waals surface area contributed by atoms with Crippen LogP contribution in [-0.2, 0) is 24.1 Å². The van der Waals surface area contributed by atoms with Gasteiger partial charge in [0.05, 0.1) is 5.69 Å². The predicted molar refractivity (Wildman–Crippen MR) is 64.2 cm³/mol. The fourth-order valence-electron chi connectivity index (χ4n) is 1.51. The van der Waals surface area contributed by atoms with E-state index in [0.717, 1.165) is 0 Å². The quantitative estimate of drug-likeness (QED) is 0.757. The monoisotopic (exact) mass is 271 g/mol. The molecule has 0 saturated carbocycles. The number of aromatic nitrogens is 5. The Morgan fingerprint density at radius 3 is 2.44 bits per heavy atom. The number of anilines is 2. The number of nitrogen functional groups attached to an aromatic ring is 1. The molecule has 0 spiro atoms. The molecule has 2 heterocycles. The summed E-state index contributed by atoms with van der Waals surface area (Å²) >= 11 is 0. The maximum absolute atomic E-state index is 12.2. The molecule has 3 N–H and O–H groups in total. The maximum Gasteiger partial charge on any atom is 0.269 e. The summed E-state index contributed by atoms with van der Waals surface area (Å²) < 4.78 is 29.4. The van der Waals surface area contributed by atoms with Crippen molar-refractivity contribution in [1.29, 1.82) is 0 Å². The summed E-state index contributed by atoms with van der Waals surface area (Å²) in [5.74, 6) is 0.0577. The number of nitrogens with two attached hydrogens (primary N) is 1. The molecule has 0 unspecified atom stereocenters. The maximum atomic E-state index is 12.2. The average Bonchev–Trinajstić information content (AvgIpc) is 2.73.